The SMILES string of the molecule is CCOC(=O)C1=C(N(C)Nc2ccccc2)C(=O)N(C2CCCCC2)C1. The highest BCUT2D eigenvalue weighted by molar-refractivity contribution is 6.06. The van der Waals surface area contributed by atoms with Crippen molar-refractivity contribution in [2.24, 2.45) is 0 Å². The number of rotatable bonds is 6. The average Bonchev–Trinajstić information content (AvgIpc) is 3.01. The van der Waals surface area contributed by atoms with Gasteiger partial charge in [0.25, 0.3) is 5.91 Å². The Morgan fingerprint density at radius 2 is 1.92 bits per heavy atom. The van der Waals surface area contributed by atoms with Crippen LogP contribution in [0, 0.1) is 0 Å². The van der Waals surface area contributed by atoms with Crippen molar-refractivity contribution < 1.29 is 14.3 Å². The molecule has 3 rings (SSSR count). The van der Waals surface area contributed by atoms with Gasteiger partial charge in [-0.25, -0.2) is 4.79 Å². The topological polar surface area (TPSA) is 61.9 Å². The maximum absolute atomic E-state index is 13.1. The number of benzene rings is 1. The first-order valence-corrected chi connectivity index (χ1v) is 9.38. The van der Waals surface area contributed by atoms with E-state index < -0.39 is 5.97 Å². The minimum absolute atomic E-state index is 0.0918. The molecule has 1 saturated carbocycles. The lowest BCUT2D eigenvalue weighted by molar-refractivity contribution is -0.138. The molecule has 0 saturated heterocycles. The smallest absolute Gasteiger partial charge is 0.338 e. The summed E-state index contributed by atoms with van der Waals surface area (Å²) in [5, 5.41) is 1.65. The number of ether oxygens (including phenoxy) is 1. The summed E-state index contributed by atoms with van der Waals surface area (Å²) >= 11 is 0. The highest BCUT2D eigenvalue weighted by atomic mass is 16.5. The fraction of sp³-hybridized carbons (Fsp3) is 0.500. The zero-order valence-electron chi connectivity index (χ0n) is 15.5. The van der Waals surface area contributed by atoms with Crippen LogP contribution < -0.4 is 5.43 Å². The van der Waals surface area contributed by atoms with E-state index in [1.165, 1.54) is 6.42 Å². The molecule has 1 aromatic carbocycles. The molecular weight excluding hydrogens is 330 g/mol. The van der Waals surface area contributed by atoms with Gasteiger partial charge in [0.15, 0.2) is 0 Å². The van der Waals surface area contributed by atoms with Crippen molar-refractivity contribution in [2.45, 2.75) is 45.1 Å². The number of carbonyl (C=O) groups excluding carboxylic acids is 2. The molecule has 0 atom stereocenters. The number of hydrazine groups is 1. The summed E-state index contributed by atoms with van der Waals surface area (Å²) in [5.41, 5.74) is 4.87. The third-order valence-electron chi connectivity index (χ3n) is 5.02. The van der Waals surface area contributed by atoms with Crippen molar-refractivity contribution >= 4 is 17.6 Å². The highest BCUT2D eigenvalue weighted by Gasteiger charge is 2.40. The number of hydrogen-bond acceptors (Lipinski definition) is 5. The fourth-order valence-corrected chi connectivity index (χ4v) is 3.76. The first-order chi connectivity index (χ1) is 12.6. The Kier molecular flexibility index (Phi) is 5.81. The molecule has 0 aromatic heterocycles. The second-order valence-electron chi connectivity index (χ2n) is 6.81. The second kappa shape index (κ2) is 8.25. The largest absolute Gasteiger partial charge is 0.463 e. The lowest BCUT2D eigenvalue weighted by Crippen LogP contribution is -2.41. The normalized spacial score (nSPS) is 18.2. The highest BCUT2D eigenvalue weighted by Crippen LogP contribution is 2.30. The summed E-state index contributed by atoms with van der Waals surface area (Å²) < 4.78 is 5.21. The number of nitrogens with zero attached hydrogens (tertiary/aromatic N) is 2. The standard InChI is InChI=1S/C20H27N3O3/c1-3-26-20(25)17-14-23(16-12-8-5-9-13-16)19(24)18(17)22(2)21-15-10-6-4-7-11-15/h4,6-7,10-11,16,21H,3,5,8-9,12-14H2,1-2H3. The molecule has 0 bridgehead atoms. The van der Waals surface area contributed by atoms with Crippen LogP contribution in [0.25, 0.3) is 0 Å². The van der Waals surface area contributed by atoms with Crippen molar-refractivity contribution in [1.29, 1.82) is 0 Å². The summed E-state index contributed by atoms with van der Waals surface area (Å²) in [4.78, 5) is 27.5. The maximum atomic E-state index is 13.1. The van der Waals surface area contributed by atoms with Crippen molar-refractivity contribution in [3.8, 4) is 0 Å². The summed E-state index contributed by atoms with van der Waals surface area (Å²) in [5.74, 6) is -0.498. The molecule has 0 unspecified atom stereocenters. The monoisotopic (exact) mass is 357 g/mol. The summed E-state index contributed by atoms with van der Waals surface area (Å²) in [6, 6.07) is 9.81. The Morgan fingerprint density at radius 3 is 2.58 bits per heavy atom. The quantitative estimate of drug-likeness (QED) is 0.626. The zero-order chi connectivity index (χ0) is 18.5. The van der Waals surface area contributed by atoms with E-state index in [-0.39, 0.29) is 11.9 Å². The third-order valence-corrected chi connectivity index (χ3v) is 5.02. The summed E-state index contributed by atoms with van der Waals surface area (Å²) in [6.07, 6.45) is 5.50. The molecule has 1 N–H and O–H groups in total. The Morgan fingerprint density at radius 1 is 1.23 bits per heavy atom. The van der Waals surface area contributed by atoms with Gasteiger partial charge in [-0.2, -0.15) is 0 Å². The van der Waals surface area contributed by atoms with Gasteiger partial charge in [0, 0.05) is 13.1 Å². The lowest BCUT2D eigenvalue weighted by Gasteiger charge is -2.32. The molecule has 2 aliphatic rings. The van der Waals surface area contributed by atoms with Gasteiger partial charge >= 0.3 is 5.97 Å². The fourth-order valence-electron chi connectivity index (χ4n) is 3.76. The van der Waals surface area contributed by atoms with Gasteiger partial charge in [0.2, 0.25) is 0 Å². The summed E-state index contributed by atoms with van der Waals surface area (Å²) in [7, 11) is 1.77. The molecule has 1 amide bonds. The molecule has 26 heavy (non-hydrogen) atoms. The predicted molar refractivity (Wildman–Crippen MR) is 100 cm³/mol. The van der Waals surface area contributed by atoms with E-state index in [1.54, 1.807) is 19.0 Å². The maximum Gasteiger partial charge on any atom is 0.338 e. The van der Waals surface area contributed by atoms with Crippen LogP contribution in [-0.2, 0) is 14.3 Å². The number of anilines is 1. The first-order valence-electron chi connectivity index (χ1n) is 9.38. The zero-order valence-corrected chi connectivity index (χ0v) is 15.5. The van der Waals surface area contributed by atoms with E-state index in [0.29, 0.717) is 24.4 Å². The lowest BCUT2D eigenvalue weighted by atomic mass is 9.94. The van der Waals surface area contributed by atoms with Crippen molar-refractivity contribution in [3.05, 3.63) is 41.6 Å². The molecule has 1 aliphatic carbocycles. The van der Waals surface area contributed by atoms with Gasteiger partial charge in [-0.1, -0.05) is 37.5 Å². The molecule has 6 nitrogen and oxygen atoms in total. The number of para-hydroxylation sites is 1. The Hall–Kier alpha value is -2.50. The Labute approximate surface area is 154 Å². The van der Waals surface area contributed by atoms with E-state index in [4.69, 9.17) is 4.74 Å². The third kappa shape index (κ3) is 3.84. The van der Waals surface area contributed by atoms with Gasteiger partial charge < -0.3 is 9.64 Å². The van der Waals surface area contributed by atoms with E-state index in [0.717, 1.165) is 31.4 Å². The average molecular weight is 357 g/mol. The molecule has 0 radical (unpaired) electrons. The van der Waals surface area contributed by atoms with Crippen LogP contribution in [0.4, 0.5) is 5.69 Å². The number of esters is 1. The van der Waals surface area contributed by atoms with E-state index >= 15 is 0 Å². The number of carbonyl (C=O) groups is 2. The van der Waals surface area contributed by atoms with Gasteiger partial charge in [-0.05, 0) is 31.9 Å². The Balaban J connectivity index is 1.84. The van der Waals surface area contributed by atoms with Crippen LogP contribution in [0.15, 0.2) is 41.6 Å². The van der Waals surface area contributed by atoms with Crippen LogP contribution in [0.5, 0.6) is 0 Å². The van der Waals surface area contributed by atoms with Gasteiger partial charge in [-0.15, -0.1) is 0 Å². The number of hydrogen-bond donors (Lipinski definition) is 1. The molecular formula is C20H27N3O3. The molecule has 0 spiro atoms. The first kappa shape index (κ1) is 18.3. The van der Waals surface area contributed by atoms with Crippen LogP contribution in [0.2, 0.25) is 0 Å². The van der Waals surface area contributed by atoms with E-state index in [1.807, 2.05) is 35.2 Å². The van der Waals surface area contributed by atoms with Crippen molar-refractivity contribution in [1.82, 2.24) is 9.91 Å². The van der Waals surface area contributed by atoms with Crippen molar-refractivity contribution in [2.75, 3.05) is 25.6 Å². The van der Waals surface area contributed by atoms with Gasteiger partial charge in [0.1, 0.15) is 5.70 Å². The Bertz CT molecular complexity index is 681. The molecule has 1 fully saturated rings. The number of amides is 1. The molecule has 1 heterocycles. The van der Waals surface area contributed by atoms with Crippen LogP contribution in [0.3, 0.4) is 0 Å². The second-order valence-corrected chi connectivity index (χ2v) is 6.81. The van der Waals surface area contributed by atoms with Gasteiger partial charge in [0.05, 0.1) is 24.4 Å². The van der Waals surface area contributed by atoms with E-state index in [2.05, 4.69) is 5.43 Å². The van der Waals surface area contributed by atoms with Gasteiger partial charge in [-0.3, -0.25) is 15.2 Å². The van der Waals surface area contributed by atoms with Crippen LogP contribution in [-0.4, -0.2) is 48.0 Å². The molecule has 1 aromatic rings. The minimum Gasteiger partial charge on any atom is -0.463 e. The number of nitrogens with one attached hydrogen (secondary N) is 1. The molecule has 6 heteroatoms. The predicted octanol–water partition coefficient (Wildman–Crippen LogP) is 2.94. The molecule has 1 aliphatic heterocycles. The summed E-state index contributed by atoms with van der Waals surface area (Å²) in [6.45, 7) is 2.40. The number of likely N-dealkylation sites (N-methyl/N-ethyl adjacent to an activating group) is 1. The van der Waals surface area contributed by atoms with Crippen molar-refractivity contribution in [3.63, 3.8) is 0 Å². The van der Waals surface area contributed by atoms with Crippen LogP contribution in [0.1, 0.15) is 39.0 Å². The van der Waals surface area contributed by atoms with E-state index in [9.17, 15) is 9.59 Å². The molecule has 140 valence electrons. The van der Waals surface area contributed by atoms with Crippen LogP contribution >= 0.6 is 0 Å². The minimum atomic E-state index is -0.407.